The van der Waals surface area contributed by atoms with Gasteiger partial charge in [-0.2, -0.15) is 0 Å². The summed E-state index contributed by atoms with van der Waals surface area (Å²) < 4.78 is 5.86. The number of nitrogens with one attached hydrogen (secondary N) is 2. The van der Waals surface area contributed by atoms with E-state index in [1.165, 1.54) is 6.20 Å². The Morgan fingerprint density at radius 1 is 1.23 bits per heavy atom. The minimum absolute atomic E-state index is 0.246. The minimum Gasteiger partial charge on any atom is -0.481 e. The number of rotatable bonds is 10. The second-order valence-corrected chi connectivity index (χ2v) is 7.14. The SMILES string of the molecule is CCN(CC)CCCNC(=O)c1cc(Oc2ccc3c(c2)C(C(=O)O)CN3)ccn1. The van der Waals surface area contributed by atoms with Crippen LogP contribution in [-0.4, -0.2) is 59.6 Å². The molecule has 2 aromatic rings. The number of carboxylic acids is 1. The summed E-state index contributed by atoms with van der Waals surface area (Å²) in [6, 6.07) is 8.54. The first-order chi connectivity index (χ1) is 14.5. The van der Waals surface area contributed by atoms with E-state index in [9.17, 15) is 14.7 Å². The van der Waals surface area contributed by atoms with Crippen LogP contribution in [0.3, 0.4) is 0 Å². The topological polar surface area (TPSA) is 104 Å². The maximum Gasteiger partial charge on any atom is 0.312 e. The van der Waals surface area contributed by atoms with Crippen molar-refractivity contribution in [2.24, 2.45) is 0 Å². The van der Waals surface area contributed by atoms with Gasteiger partial charge in [-0.25, -0.2) is 0 Å². The Balaban J connectivity index is 1.60. The molecule has 1 atom stereocenters. The molecule has 3 N–H and O–H groups in total. The van der Waals surface area contributed by atoms with E-state index in [0.717, 1.165) is 31.7 Å². The van der Waals surface area contributed by atoms with Gasteiger partial charge in [0.1, 0.15) is 23.1 Å². The summed E-state index contributed by atoms with van der Waals surface area (Å²) in [6.07, 6.45) is 2.40. The fourth-order valence-electron chi connectivity index (χ4n) is 3.47. The summed E-state index contributed by atoms with van der Waals surface area (Å²) in [5.41, 5.74) is 1.77. The molecule has 0 spiro atoms. The van der Waals surface area contributed by atoms with E-state index < -0.39 is 11.9 Å². The molecule has 1 aliphatic heterocycles. The van der Waals surface area contributed by atoms with Gasteiger partial charge in [-0.3, -0.25) is 14.6 Å². The summed E-state index contributed by atoms with van der Waals surface area (Å²) in [4.78, 5) is 30.2. The predicted octanol–water partition coefficient (Wildman–Crippen LogP) is 2.93. The monoisotopic (exact) mass is 412 g/mol. The quantitative estimate of drug-likeness (QED) is 0.516. The molecule has 30 heavy (non-hydrogen) atoms. The third-order valence-corrected chi connectivity index (χ3v) is 5.22. The maximum absolute atomic E-state index is 12.4. The number of ether oxygens (including phenoxy) is 1. The van der Waals surface area contributed by atoms with Gasteiger partial charge in [0, 0.05) is 31.0 Å². The minimum atomic E-state index is -0.873. The van der Waals surface area contributed by atoms with Gasteiger partial charge in [0.15, 0.2) is 0 Å². The van der Waals surface area contributed by atoms with Crippen LogP contribution in [0.4, 0.5) is 5.69 Å². The highest BCUT2D eigenvalue weighted by Gasteiger charge is 2.28. The fourth-order valence-corrected chi connectivity index (χ4v) is 3.47. The number of carbonyl (C=O) groups is 2. The lowest BCUT2D eigenvalue weighted by Crippen LogP contribution is -2.30. The van der Waals surface area contributed by atoms with Crippen LogP contribution in [0.1, 0.15) is 42.2 Å². The second-order valence-electron chi connectivity index (χ2n) is 7.14. The number of aliphatic carboxylic acids is 1. The number of hydrogen-bond acceptors (Lipinski definition) is 6. The van der Waals surface area contributed by atoms with Crippen molar-refractivity contribution in [3.8, 4) is 11.5 Å². The van der Waals surface area contributed by atoms with Crippen LogP contribution in [0.5, 0.6) is 11.5 Å². The molecule has 2 heterocycles. The molecule has 0 saturated heterocycles. The molecule has 0 bridgehead atoms. The molecule has 3 rings (SSSR count). The Bertz CT molecular complexity index is 898. The van der Waals surface area contributed by atoms with Gasteiger partial charge in [0.05, 0.1) is 0 Å². The van der Waals surface area contributed by atoms with Crippen LogP contribution in [0.15, 0.2) is 36.5 Å². The van der Waals surface area contributed by atoms with E-state index in [1.807, 2.05) is 0 Å². The molecule has 1 amide bonds. The molecular weight excluding hydrogens is 384 g/mol. The lowest BCUT2D eigenvalue weighted by atomic mass is 10.0. The third kappa shape index (κ3) is 5.27. The normalized spacial score (nSPS) is 14.8. The number of aromatic nitrogens is 1. The van der Waals surface area contributed by atoms with Gasteiger partial charge >= 0.3 is 5.97 Å². The summed E-state index contributed by atoms with van der Waals surface area (Å²) >= 11 is 0. The maximum atomic E-state index is 12.4. The molecule has 8 nitrogen and oxygen atoms in total. The van der Waals surface area contributed by atoms with E-state index in [4.69, 9.17) is 4.74 Å². The van der Waals surface area contributed by atoms with E-state index in [0.29, 0.717) is 30.2 Å². The van der Waals surface area contributed by atoms with Gasteiger partial charge in [0.2, 0.25) is 0 Å². The van der Waals surface area contributed by atoms with Crippen molar-refractivity contribution in [3.63, 3.8) is 0 Å². The zero-order valence-electron chi connectivity index (χ0n) is 17.4. The number of benzene rings is 1. The molecule has 0 radical (unpaired) electrons. The number of carboxylic acid groups (broad SMARTS) is 1. The lowest BCUT2D eigenvalue weighted by molar-refractivity contribution is -0.138. The Morgan fingerprint density at radius 2 is 2.00 bits per heavy atom. The first-order valence-electron chi connectivity index (χ1n) is 10.3. The average Bonchev–Trinajstić information content (AvgIpc) is 3.17. The number of pyridine rings is 1. The molecular formula is C22H28N4O4. The van der Waals surface area contributed by atoms with Crippen molar-refractivity contribution in [3.05, 3.63) is 47.8 Å². The molecule has 1 aliphatic rings. The number of hydrogen-bond donors (Lipinski definition) is 3. The van der Waals surface area contributed by atoms with Crippen LogP contribution in [0.2, 0.25) is 0 Å². The Labute approximate surface area is 176 Å². The number of amides is 1. The number of nitrogens with zero attached hydrogens (tertiary/aromatic N) is 2. The molecule has 0 fully saturated rings. The van der Waals surface area contributed by atoms with Gasteiger partial charge in [0.25, 0.3) is 5.91 Å². The largest absolute Gasteiger partial charge is 0.481 e. The summed E-state index contributed by atoms with van der Waals surface area (Å²) in [6.45, 7) is 8.12. The smallest absolute Gasteiger partial charge is 0.312 e. The molecule has 1 unspecified atom stereocenters. The molecule has 160 valence electrons. The Morgan fingerprint density at radius 3 is 2.73 bits per heavy atom. The highest BCUT2D eigenvalue weighted by atomic mass is 16.5. The van der Waals surface area contributed by atoms with Crippen LogP contribution in [-0.2, 0) is 4.79 Å². The third-order valence-electron chi connectivity index (χ3n) is 5.22. The Hall–Kier alpha value is -3.13. The van der Waals surface area contributed by atoms with E-state index in [1.54, 1.807) is 30.3 Å². The van der Waals surface area contributed by atoms with Crippen molar-refractivity contribution in [2.75, 3.05) is 38.0 Å². The van der Waals surface area contributed by atoms with E-state index >= 15 is 0 Å². The summed E-state index contributed by atoms with van der Waals surface area (Å²) in [7, 11) is 0. The zero-order valence-corrected chi connectivity index (χ0v) is 17.4. The molecule has 8 heteroatoms. The van der Waals surface area contributed by atoms with Crippen LogP contribution in [0.25, 0.3) is 0 Å². The summed E-state index contributed by atoms with van der Waals surface area (Å²) in [5, 5.41) is 15.3. The standard InChI is InChI=1S/C22H28N4O4/c1-3-26(4-2)11-5-9-24-21(27)20-13-16(8-10-23-20)30-15-6-7-19-17(12-15)18(14-25-19)22(28)29/h6-8,10,12-13,18,25H,3-5,9,11,14H2,1-2H3,(H,24,27)(H,28,29). The van der Waals surface area contributed by atoms with Crippen LogP contribution < -0.4 is 15.4 Å². The molecule has 0 saturated carbocycles. The van der Waals surface area contributed by atoms with Crippen molar-refractivity contribution >= 4 is 17.6 Å². The van der Waals surface area contributed by atoms with E-state index in [-0.39, 0.29) is 11.6 Å². The van der Waals surface area contributed by atoms with Gasteiger partial charge in [-0.05, 0) is 55.9 Å². The summed E-state index contributed by atoms with van der Waals surface area (Å²) in [5.74, 6) is -0.735. The van der Waals surface area contributed by atoms with Crippen LogP contribution >= 0.6 is 0 Å². The van der Waals surface area contributed by atoms with Gasteiger partial charge in [-0.15, -0.1) is 0 Å². The second kappa shape index (κ2) is 10.1. The van der Waals surface area contributed by atoms with Crippen molar-refractivity contribution in [2.45, 2.75) is 26.2 Å². The van der Waals surface area contributed by atoms with Crippen LogP contribution in [0, 0.1) is 0 Å². The predicted molar refractivity (Wildman–Crippen MR) is 114 cm³/mol. The van der Waals surface area contributed by atoms with Crippen molar-refractivity contribution in [1.29, 1.82) is 0 Å². The van der Waals surface area contributed by atoms with Crippen molar-refractivity contribution < 1.29 is 19.4 Å². The molecule has 1 aromatic carbocycles. The number of fused-ring (bicyclic) bond motifs is 1. The highest BCUT2D eigenvalue weighted by molar-refractivity contribution is 5.92. The van der Waals surface area contributed by atoms with Gasteiger partial charge < -0.3 is 25.4 Å². The lowest BCUT2D eigenvalue weighted by Gasteiger charge is -2.17. The average molecular weight is 412 g/mol. The number of carbonyl (C=O) groups excluding carboxylic acids is 1. The van der Waals surface area contributed by atoms with Crippen molar-refractivity contribution in [1.82, 2.24) is 15.2 Å². The zero-order chi connectivity index (χ0) is 21.5. The first-order valence-corrected chi connectivity index (χ1v) is 10.3. The molecule has 0 aliphatic carbocycles. The first kappa shape index (κ1) is 21.6. The fraction of sp³-hybridized carbons (Fsp3) is 0.409. The van der Waals surface area contributed by atoms with E-state index in [2.05, 4.69) is 34.4 Å². The highest BCUT2D eigenvalue weighted by Crippen LogP contribution is 2.35. The van der Waals surface area contributed by atoms with Gasteiger partial charge in [-0.1, -0.05) is 13.8 Å². The number of anilines is 1. The molecule has 1 aromatic heterocycles. The Kier molecular flexibility index (Phi) is 7.24.